The van der Waals surface area contributed by atoms with Gasteiger partial charge in [0.15, 0.2) is 6.61 Å². The molecule has 1 fully saturated rings. The second-order valence-electron chi connectivity index (χ2n) is 4.62. The highest BCUT2D eigenvalue weighted by atomic mass is 16.5. The fraction of sp³-hybridized carbons (Fsp3) is 0.429. The number of ether oxygens (including phenoxy) is 1. The van der Waals surface area contributed by atoms with Crippen molar-refractivity contribution in [2.45, 2.75) is 25.8 Å². The zero-order valence-electron chi connectivity index (χ0n) is 10.3. The second kappa shape index (κ2) is 5.54. The van der Waals surface area contributed by atoms with E-state index >= 15 is 0 Å². The third-order valence-electron chi connectivity index (χ3n) is 3.07. The number of carbonyl (C=O) groups excluding carboxylic acids is 1. The number of nitriles is 1. The molecule has 4 nitrogen and oxygen atoms in total. The fourth-order valence-corrected chi connectivity index (χ4v) is 1.78. The molecule has 0 spiro atoms. The minimum Gasteiger partial charge on any atom is -0.484 e. The zero-order chi connectivity index (χ0) is 13.0. The van der Waals surface area contributed by atoms with Crippen molar-refractivity contribution in [1.29, 1.82) is 5.26 Å². The third-order valence-corrected chi connectivity index (χ3v) is 3.07. The van der Waals surface area contributed by atoms with Crippen LogP contribution in [0.4, 0.5) is 0 Å². The van der Waals surface area contributed by atoms with Crippen molar-refractivity contribution >= 4 is 5.91 Å². The Kier molecular flexibility index (Phi) is 3.83. The maximum atomic E-state index is 11.6. The lowest BCUT2D eigenvalue weighted by atomic mass is 10.2. The Bertz CT molecular complexity index is 458. The van der Waals surface area contributed by atoms with Gasteiger partial charge >= 0.3 is 0 Å². The maximum absolute atomic E-state index is 11.6. The first-order valence-corrected chi connectivity index (χ1v) is 6.11. The Hall–Kier alpha value is -2.02. The molecule has 0 aliphatic heterocycles. The molecule has 0 heterocycles. The lowest BCUT2D eigenvalue weighted by Crippen LogP contribution is -2.37. The Balaban J connectivity index is 1.76. The van der Waals surface area contributed by atoms with Gasteiger partial charge in [-0.05, 0) is 49.9 Å². The lowest BCUT2D eigenvalue weighted by molar-refractivity contribution is -0.123. The average molecular weight is 244 g/mol. The lowest BCUT2D eigenvalue weighted by Gasteiger charge is -2.13. The summed E-state index contributed by atoms with van der Waals surface area (Å²) in [7, 11) is 0. The summed E-state index contributed by atoms with van der Waals surface area (Å²) in [4.78, 5) is 11.6. The van der Waals surface area contributed by atoms with Crippen molar-refractivity contribution in [2.24, 2.45) is 5.92 Å². The van der Waals surface area contributed by atoms with Gasteiger partial charge in [0.2, 0.25) is 0 Å². The Labute approximate surface area is 107 Å². The predicted molar refractivity (Wildman–Crippen MR) is 67.0 cm³/mol. The van der Waals surface area contributed by atoms with Gasteiger partial charge in [0.05, 0.1) is 11.6 Å². The van der Waals surface area contributed by atoms with Gasteiger partial charge in [0.1, 0.15) is 5.75 Å². The van der Waals surface area contributed by atoms with Crippen LogP contribution in [-0.2, 0) is 4.79 Å². The van der Waals surface area contributed by atoms with Crippen LogP contribution < -0.4 is 10.1 Å². The monoisotopic (exact) mass is 244 g/mol. The van der Waals surface area contributed by atoms with Crippen molar-refractivity contribution in [2.75, 3.05) is 6.61 Å². The molecule has 0 saturated heterocycles. The van der Waals surface area contributed by atoms with Gasteiger partial charge in [-0.1, -0.05) is 0 Å². The molecule has 18 heavy (non-hydrogen) atoms. The molecular formula is C14H16N2O2. The summed E-state index contributed by atoms with van der Waals surface area (Å²) >= 11 is 0. The van der Waals surface area contributed by atoms with Crippen molar-refractivity contribution in [1.82, 2.24) is 5.32 Å². The molecule has 1 aromatic rings. The molecule has 0 radical (unpaired) electrons. The van der Waals surface area contributed by atoms with Crippen LogP contribution in [0.25, 0.3) is 0 Å². The minimum absolute atomic E-state index is 0.0168. The normalized spacial score (nSPS) is 15.6. The Morgan fingerprint density at radius 3 is 2.72 bits per heavy atom. The zero-order valence-corrected chi connectivity index (χ0v) is 10.3. The van der Waals surface area contributed by atoms with Crippen molar-refractivity contribution in [3.63, 3.8) is 0 Å². The summed E-state index contributed by atoms with van der Waals surface area (Å²) < 4.78 is 5.35. The molecule has 1 aliphatic rings. The van der Waals surface area contributed by atoms with E-state index in [9.17, 15) is 4.79 Å². The first-order chi connectivity index (χ1) is 8.69. The molecule has 0 bridgehead atoms. The molecule has 4 heteroatoms. The molecule has 1 unspecified atom stereocenters. The number of benzene rings is 1. The first kappa shape index (κ1) is 12.4. The second-order valence-corrected chi connectivity index (χ2v) is 4.62. The van der Waals surface area contributed by atoms with E-state index in [4.69, 9.17) is 10.00 Å². The number of amides is 1. The van der Waals surface area contributed by atoms with Crippen LogP contribution in [-0.4, -0.2) is 18.6 Å². The highest BCUT2D eigenvalue weighted by Gasteiger charge is 2.28. The van der Waals surface area contributed by atoms with Crippen LogP contribution in [0.2, 0.25) is 0 Å². The van der Waals surface area contributed by atoms with Gasteiger partial charge in [-0.15, -0.1) is 0 Å². The standard InChI is InChI=1S/C14H16N2O2/c1-10(12-4-5-12)16-14(17)9-18-13-6-2-11(8-15)3-7-13/h2-3,6-7,10,12H,4-5,9H2,1H3,(H,16,17). The first-order valence-electron chi connectivity index (χ1n) is 6.11. The molecule has 1 saturated carbocycles. The molecular weight excluding hydrogens is 228 g/mol. The highest BCUT2D eigenvalue weighted by molar-refractivity contribution is 5.77. The topological polar surface area (TPSA) is 62.1 Å². The van der Waals surface area contributed by atoms with E-state index < -0.39 is 0 Å². The average Bonchev–Trinajstić information content (AvgIpc) is 3.21. The highest BCUT2D eigenvalue weighted by Crippen LogP contribution is 2.32. The minimum atomic E-state index is -0.0984. The molecule has 1 aromatic carbocycles. The van der Waals surface area contributed by atoms with Crippen LogP contribution >= 0.6 is 0 Å². The Morgan fingerprint density at radius 2 is 2.17 bits per heavy atom. The number of hydrogen-bond acceptors (Lipinski definition) is 3. The van der Waals surface area contributed by atoms with E-state index in [1.807, 2.05) is 13.0 Å². The van der Waals surface area contributed by atoms with E-state index in [2.05, 4.69) is 5.32 Å². The summed E-state index contributed by atoms with van der Waals surface area (Å²) in [6.45, 7) is 2.04. The van der Waals surface area contributed by atoms with Gasteiger partial charge in [-0.2, -0.15) is 5.26 Å². The summed E-state index contributed by atoms with van der Waals surface area (Å²) in [5.41, 5.74) is 0.578. The molecule has 2 rings (SSSR count). The SMILES string of the molecule is CC(NC(=O)COc1ccc(C#N)cc1)C1CC1. The number of nitrogens with zero attached hydrogens (tertiary/aromatic N) is 1. The maximum Gasteiger partial charge on any atom is 0.258 e. The summed E-state index contributed by atoms with van der Waals surface area (Å²) in [5.74, 6) is 1.14. The summed E-state index contributed by atoms with van der Waals surface area (Å²) in [6.07, 6.45) is 2.41. The molecule has 1 N–H and O–H groups in total. The number of hydrogen-bond donors (Lipinski definition) is 1. The number of nitrogens with one attached hydrogen (secondary N) is 1. The molecule has 1 aliphatic carbocycles. The van der Waals surface area contributed by atoms with Crippen LogP contribution in [0.3, 0.4) is 0 Å². The van der Waals surface area contributed by atoms with E-state index in [-0.39, 0.29) is 18.6 Å². The van der Waals surface area contributed by atoms with Gasteiger partial charge in [0.25, 0.3) is 5.91 Å². The smallest absolute Gasteiger partial charge is 0.258 e. The third kappa shape index (κ3) is 3.49. The molecule has 94 valence electrons. The molecule has 1 atom stereocenters. The molecule has 1 amide bonds. The quantitative estimate of drug-likeness (QED) is 0.859. The van der Waals surface area contributed by atoms with Crippen LogP contribution in [0.15, 0.2) is 24.3 Å². The number of carbonyl (C=O) groups is 1. The summed E-state index contributed by atoms with van der Waals surface area (Å²) in [6, 6.07) is 8.98. The van der Waals surface area contributed by atoms with Gasteiger partial charge in [-0.25, -0.2) is 0 Å². The molecule has 0 aromatic heterocycles. The van der Waals surface area contributed by atoms with Gasteiger partial charge in [0, 0.05) is 6.04 Å². The van der Waals surface area contributed by atoms with Gasteiger partial charge < -0.3 is 10.1 Å². The van der Waals surface area contributed by atoms with E-state index in [1.165, 1.54) is 12.8 Å². The number of rotatable bonds is 5. The van der Waals surface area contributed by atoms with Crippen LogP contribution in [0.1, 0.15) is 25.3 Å². The van der Waals surface area contributed by atoms with Crippen LogP contribution in [0.5, 0.6) is 5.75 Å². The van der Waals surface area contributed by atoms with Crippen molar-refractivity contribution in [3.8, 4) is 11.8 Å². The van der Waals surface area contributed by atoms with E-state index in [1.54, 1.807) is 24.3 Å². The van der Waals surface area contributed by atoms with Crippen molar-refractivity contribution in [3.05, 3.63) is 29.8 Å². The Morgan fingerprint density at radius 1 is 1.50 bits per heavy atom. The van der Waals surface area contributed by atoms with Crippen molar-refractivity contribution < 1.29 is 9.53 Å². The van der Waals surface area contributed by atoms with E-state index in [0.717, 1.165) is 0 Å². The van der Waals surface area contributed by atoms with E-state index in [0.29, 0.717) is 17.2 Å². The predicted octanol–water partition coefficient (Wildman–Crippen LogP) is 1.85. The summed E-state index contributed by atoms with van der Waals surface area (Å²) in [5, 5.41) is 11.6. The fourth-order valence-electron chi connectivity index (χ4n) is 1.78. The van der Waals surface area contributed by atoms with Gasteiger partial charge in [-0.3, -0.25) is 4.79 Å². The van der Waals surface area contributed by atoms with Crippen LogP contribution in [0, 0.1) is 17.2 Å². The largest absolute Gasteiger partial charge is 0.484 e.